The van der Waals surface area contributed by atoms with Crippen LogP contribution < -0.4 is 0 Å². The summed E-state index contributed by atoms with van der Waals surface area (Å²) in [6, 6.07) is 0. The Morgan fingerprint density at radius 2 is 1.44 bits per heavy atom. The maximum Gasteiger partial charge on any atom is 0.311 e. The van der Waals surface area contributed by atoms with E-state index in [0.717, 1.165) is 6.42 Å². The minimum absolute atomic E-state index is 0.00146. The summed E-state index contributed by atoms with van der Waals surface area (Å²) >= 11 is 0. The van der Waals surface area contributed by atoms with Gasteiger partial charge in [0.15, 0.2) is 0 Å². The molecule has 0 heterocycles. The molecule has 0 amide bonds. The van der Waals surface area contributed by atoms with Crippen molar-refractivity contribution in [2.24, 2.45) is 10.8 Å². The molecule has 0 atom stereocenters. The second-order valence-electron chi connectivity index (χ2n) is 7.41. The Balaban J connectivity index is 4.03. The molecule has 0 radical (unpaired) electrons. The summed E-state index contributed by atoms with van der Waals surface area (Å²) in [5.41, 5.74) is -0.548. The average Bonchev–Trinajstić information content (AvgIpc) is 2.53. The van der Waals surface area contributed by atoms with E-state index in [2.05, 4.69) is 27.4 Å². The fourth-order valence-electron chi connectivity index (χ4n) is 2.38. The van der Waals surface area contributed by atoms with Crippen molar-refractivity contribution in [1.29, 1.82) is 0 Å². The van der Waals surface area contributed by atoms with Gasteiger partial charge in [-0.1, -0.05) is 39.8 Å². The molecule has 0 aliphatic carbocycles. The number of rotatable bonds is 12. The molecule has 0 saturated carbocycles. The van der Waals surface area contributed by atoms with Gasteiger partial charge in [-0.15, -0.1) is 0 Å². The SMILES string of the molecule is C=CCOC(=O)CCC(=O)OCCOC(=O)C(C)(C)CC(C)(C)CC. The van der Waals surface area contributed by atoms with E-state index in [4.69, 9.17) is 14.2 Å². The lowest BCUT2D eigenvalue weighted by Gasteiger charge is -2.32. The van der Waals surface area contributed by atoms with Gasteiger partial charge in [0, 0.05) is 0 Å². The molecule has 0 unspecified atom stereocenters. The first kappa shape index (κ1) is 23.1. The van der Waals surface area contributed by atoms with Gasteiger partial charge in [0.2, 0.25) is 0 Å². The highest BCUT2D eigenvalue weighted by atomic mass is 16.6. The van der Waals surface area contributed by atoms with E-state index in [1.165, 1.54) is 6.08 Å². The smallest absolute Gasteiger partial charge is 0.311 e. The monoisotopic (exact) mass is 356 g/mol. The van der Waals surface area contributed by atoms with Crippen LogP contribution in [0.3, 0.4) is 0 Å². The zero-order chi connectivity index (χ0) is 19.5. The van der Waals surface area contributed by atoms with Gasteiger partial charge in [-0.3, -0.25) is 14.4 Å². The fraction of sp³-hybridized carbons (Fsp3) is 0.737. The van der Waals surface area contributed by atoms with E-state index >= 15 is 0 Å². The predicted octanol–water partition coefficient (Wildman–Crippen LogP) is 3.43. The summed E-state index contributed by atoms with van der Waals surface area (Å²) in [7, 11) is 0. The van der Waals surface area contributed by atoms with Crippen LogP contribution in [0.5, 0.6) is 0 Å². The third-order valence-electron chi connectivity index (χ3n) is 3.91. The Bertz CT molecular complexity index is 465. The fourth-order valence-corrected chi connectivity index (χ4v) is 2.38. The van der Waals surface area contributed by atoms with Crippen molar-refractivity contribution in [3.8, 4) is 0 Å². The van der Waals surface area contributed by atoms with E-state index in [0.29, 0.717) is 6.42 Å². The molecule has 144 valence electrons. The quantitative estimate of drug-likeness (QED) is 0.231. The number of esters is 3. The van der Waals surface area contributed by atoms with Gasteiger partial charge in [-0.05, 0) is 25.7 Å². The Morgan fingerprint density at radius 1 is 0.920 bits per heavy atom. The molecule has 0 saturated heterocycles. The largest absolute Gasteiger partial charge is 0.462 e. The minimum atomic E-state index is -0.599. The normalized spacial score (nSPS) is 11.6. The van der Waals surface area contributed by atoms with Crippen LogP contribution >= 0.6 is 0 Å². The van der Waals surface area contributed by atoms with Crippen LogP contribution in [0.1, 0.15) is 60.3 Å². The molecule has 0 aromatic carbocycles. The van der Waals surface area contributed by atoms with Crippen molar-refractivity contribution in [3.63, 3.8) is 0 Å². The van der Waals surface area contributed by atoms with Crippen molar-refractivity contribution in [2.45, 2.75) is 60.3 Å². The third kappa shape index (κ3) is 10.6. The van der Waals surface area contributed by atoms with Gasteiger partial charge in [0.25, 0.3) is 0 Å². The Kier molecular flexibility index (Phi) is 10.1. The van der Waals surface area contributed by atoms with Crippen molar-refractivity contribution in [1.82, 2.24) is 0 Å². The third-order valence-corrected chi connectivity index (χ3v) is 3.91. The molecular weight excluding hydrogens is 324 g/mol. The minimum Gasteiger partial charge on any atom is -0.462 e. The second-order valence-corrected chi connectivity index (χ2v) is 7.41. The molecule has 0 aromatic rings. The van der Waals surface area contributed by atoms with Gasteiger partial charge in [0.1, 0.15) is 19.8 Å². The highest BCUT2D eigenvalue weighted by molar-refractivity contribution is 5.78. The number of carbonyl (C=O) groups excluding carboxylic acids is 3. The van der Waals surface area contributed by atoms with Crippen LogP contribution in [0.4, 0.5) is 0 Å². The standard InChI is InChI=1S/C19H32O6/c1-7-11-23-15(20)9-10-16(21)24-12-13-25-17(22)19(5,6)14-18(3,4)8-2/h7H,1,8-14H2,2-6H3. The van der Waals surface area contributed by atoms with E-state index < -0.39 is 17.4 Å². The van der Waals surface area contributed by atoms with Crippen LogP contribution in [-0.4, -0.2) is 37.7 Å². The lowest BCUT2D eigenvalue weighted by molar-refractivity contribution is -0.160. The first-order valence-corrected chi connectivity index (χ1v) is 8.63. The molecule has 0 fully saturated rings. The van der Waals surface area contributed by atoms with Crippen LogP contribution in [0, 0.1) is 10.8 Å². The van der Waals surface area contributed by atoms with E-state index in [1.807, 2.05) is 13.8 Å². The summed E-state index contributed by atoms with van der Waals surface area (Å²) in [5.74, 6) is -1.32. The van der Waals surface area contributed by atoms with Crippen LogP contribution in [0.25, 0.3) is 0 Å². The summed E-state index contributed by atoms with van der Waals surface area (Å²) < 4.78 is 14.9. The van der Waals surface area contributed by atoms with E-state index in [-0.39, 0.29) is 44.0 Å². The highest BCUT2D eigenvalue weighted by Gasteiger charge is 2.35. The lowest BCUT2D eigenvalue weighted by atomic mass is 9.74. The number of ether oxygens (including phenoxy) is 3. The van der Waals surface area contributed by atoms with Gasteiger partial charge in [-0.2, -0.15) is 0 Å². The molecule has 0 aromatic heterocycles. The first-order chi connectivity index (χ1) is 11.5. The lowest BCUT2D eigenvalue weighted by Crippen LogP contribution is -2.32. The van der Waals surface area contributed by atoms with Crippen LogP contribution in [0.2, 0.25) is 0 Å². The number of hydrogen-bond acceptors (Lipinski definition) is 6. The Hall–Kier alpha value is -1.85. The maximum absolute atomic E-state index is 12.2. The molecule has 0 aliphatic heterocycles. The second kappa shape index (κ2) is 10.9. The van der Waals surface area contributed by atoms with Crippen molar-refractivity contribution < 1.29 is 28.6 Å². The van der Waals surface area contributed by atoms with Gasteiger partial charge < -0.3 is 14.2 Å². The van der Waals surface area contributed by atoms with E-state index in [9.17, 15) is 14.4 Å². The first-order valence-electron chi connectivity index (χ1n) is 8.63. The van der Waals surface area contributed by atoms with Gasteiger partial charge in [-0.25, -0.2) is 0 Å². The average molecular weight is 356 g/mol. The summed E-state index contributed by atoms with van der Waals surface area (Å²) in [4.78, 5) is 34.9. The van der Waals surface area contributed by atoms with Crippen molar-refractivity contribution in [3.05, 3.63) is 12.7 Å². The zero-order valence-electron chi connectivity index (χ0n) is 16.2. The van der Waals surface area contributed by atoms with Crippen molar-refractivity contribution in [2.75, 3.05) is 19.8 Å². The molecule has 6 nitrogen and oxygen atoms in total. The highest BCUT2D eigenvalue weighted by Crippen LogP contribution is 2.36. The molecular formula is C19H32O6. The zero-order valence-corrected chi connectivity index (χ0v) is 16.2. The van der Waals surface area contributed by atoms with Gasteiger partial charge in [0.05, 0.1) is 18.3 Å². The van der Waals surface area contributed by atoms with Crippen LogP contribution in [0.15, 0.2) is 12.7 Å². The Labute approximate surface area is 150 Å². The Morgan fingerprint density at radius 3 is 1.96 bits per heavy atom. The molecule has 0 aliphatic rings. The van der Waals surface area contributed by atoms with Gasteiger partial charge >= 0.3 is 17.9 Å². The molecule has 0 rings (SSSR count). The molecule has 0 bridgehead atoms. The summed E-state index contributed by atoms with van der Waals surface area (Å²) in [5, 5.41) is 0. The number of carbonyl (C=O) groups is 3. The molecule has 0 spiro atoms. The topological polar surface area (TPSA) is 78.9 Å². The van der Waals surface area contributed by atoms with Crippen LogP contribution in [-0.2, 0) is 28.6 Å². The molecule has 6 heteroatoms. The predicted molar refractivity (Wildman–Crippen MR) is 94.8 cm³/mol. The molecule has 25 heavy (non-hydrogen) atoms. The summed E-state index contributed by atoms with van der Waals surface area (Å²) in [6.45, 7) is 13.5. The number of hydrogen-bond donors (Lipinski definition) is 0. The van der Waals surface area contributed by atoms with E-state index in [1.54, 1.807) is 0 Å². The van der Waals surface area contributed by atoms with Crippen molar-refractivity contribution >= 4 is 17.9 Å². The molecule has 0 N–H and O–H groups in total. The maximum atomic E-state index is 12.2. The summed E-state index contributed by atoms with van der Waals surface area (Å²) in [6.07, 6.45) is 3.01.